The molecule has 1 unspecified atom stereocenters. The van der Waals surface area contributed by atoms with Crippen LogP contribution in [0, 0.1) is 5.92 Å². The molecule has 0 aliphatic heterocycles. The highest BCUT2D eigenvalue weighted by molar-refractivity contribution is 5.62. The molecule has 1 atom stereocenters. The number of benzene rings is 1. The van der Waals surface area contributed by atoms with E-state index in [1.54, 1.807) is 24.8 Å². The molecule has 0 radical (unpaired) electrons. The molecule has 1 aromatic carbocycles. The Morgan fingerprint density at radius 3 is 2.32 bits per heavy atom. The summed E-state index contributed by atoms with van der Waals surface area (Å²) in [6.45, 7) is 6.42. The van der Waals surface area contributed by atoms with Gasteiger partial charge >= 0.3 is 0 Å². The van der Waals surface area contributed by atoms with Crippen LogP contribution >= 0.6 is 0 Å². The Balaban J connectivity index is 1.70. The molecule has 0 bridgehead atoms. The van der Waals surface area contributed by atoms with E-state index in [-0.39, 0.29) is 11.9 Å². The summed E-state index contributed by atoms with van der Waals surface area (Å²) in [6.07, 6.45) is 6.83. The topological polar surface area (TPSA) is 119 Å². The summed E-state index contributed by atoms with van der Waals surface area (Å²) >= 11 is 0. The van der Waals surface area contributed by atoms with Gasteiger partial charge in [-0.3, -0.25) is 5.10 Å². The normalized spacial score (nSPS) is 13.6. The number of aromatic nitrogens is 6. The summed E-state index contributed by atoms with van der Waals surface area (Å²) in [5.74, 6) is 1.60. The van der Waals surface area contributed by atoms with Crippen molar-refractivity contribution in [2.24, 2.45) is 5.92 Å². The second-order valence-corrected chi connectivity index (χ2v) is 7.17. The third-order valence-electron chi connectivity index (χ3n) is 5.28. The van der Waals surface area contributed by atoms with Crippen LogP contribution in [-0.4, -0.2) is 30.3 Å². The number of hydrogen-bond acceptors (Lipinski definition) is 7. The first-order valence-corrected chi connectivity index (χ1v) is 9.00. The largest absolute Gasteiger partial charge is 0.368 e. The third-order valence-corrected chi connectivity index (χ3v) is 5.28. The van der Waals surface area contributed by atoms with Gasteiger partial charge in [-0.05, 0) is 24.0 Å². The molecule has 28 heavy (non-hydrogen) atoms. The molecule has 3 heterocycles. The molecule has 0 saturated carbocycles. The van der Waals surface area contributed by atoms with Crippen LogP contribution < -0.4 is 5.73 Å². The van der Waals surface area contributed by atoms with Crippen molar-refractivity contribution in [1.29, 1.82) is 0 Å². The highest BCUT2D eigenvalue weighted by Crippen LogP contribution is 2.38. The van der Waals surface area contributed by atoms with Crippen LogP contribution in [0.1, 0.15) is 32.2 Å². The maximum absolute atomic E-state index is 5.57. The Labute approximate surface area is 162 Å². The van der Waals surface area contributed by atoms with Crippen molar-refractivity contribution in [3.8, 4) is 22.6 Å². The van der Waals surface area contributed by atoms with Crippen LogP contribution in [0.3, 0.4) is 0 Å². The first-order valence-electron chi connectivity index (χ1n) is 9.00. The van der Waals surface area contributed by atoms with Gasteiger partial charge in [-0.25, -0.2) is 9.97 Å². The smallest absolute Gasteiger partial charge is 0.261 e. The van der Waals surface area contributed by atoms with Crippen molar-refractivity contribution < 1.29 is 4.52 Å². The molecular formula is C20H21N7O. The molecule has 4 rings (SSSR count). The van der Waals surface area contributed by atoms with Gasteiger partial charge in [-0.15, -0.1) is 0 Å². The molecule has 0 saturated heterocycles. The van der Waals surface area contributed by atoms with Crippen LogP contribution in [0.15, 0.2) is 53.6 Å². The molecule has 8 heteroatoms. The standard InChI is InChI=1S/C20H21N7O/c1-12(2)20(3,18-26-17(28-27-18)15-10-24-25-11-15)16-6-4-13(5-7-16)14-8-22-19(21)23-9-14/h4-12H,1-3H3,(H,24,25)(H2,21,22,23). The molecule has 142 valence electrons. The molecule has 0 fully saturated rings. The van der Waals surface area contributed by atoms with E-state index in [9.17, 15) is 0 Å². The summed E-state index contributed by atoms with van der Waals surface area (Å²) < 4.78 is 5.48. The van der Waals surface area contributed by atoms with Crippen molar-refractivity contribution in [1.82, 2.24) is 30.3 Å². The first kappa shape index (κ1) is 17.8. The highest BCUT2D eigenvalue weighted by atomic mass is 16.5. The van der Waals surface area contributed by atoms with E-state index >= 15 is 0 Å². The lowest BCUT2D eigenvalue weighted by Crippen LogP contribution is -2.31. The molecule has 0 aliphatic carbocycles. The van der Waals surface area contributed by atoms with E-state index in [0.717, 1.165) is 22.3 Å². The van der Waals surface area contributed by atoms with E-state index in [4.69, 9.17) is 10.3 Å². The zero-order valence-electron chi connectivity index (χ0n) is 15.9. The average Bonchev–Trinajstić information content (AvgIpc) is 3.40. The third kappa shape index (κ3) is 3.02. The van der Waals surface area contributed by atoms with Gasteiger partial charge in [0, 0.05) is 24.2 Å². The number of aromatic amines is 1. The van der Waals surface area contributed by atoms with Gasteiger partial charge in [0.25, 0.3) is 5.89 Å². The van der Waals surface area contributed by atoms with Crippen LogP contribution in [0.2, 0.25) is 0 Å². The molecule has 0 spiro atoms. The highest BCUT2D eigenvalue weighted by Gasteiger charge is 2.37. The van der Waals surface area contributed by atoms with Gasteiger partial charge in [0.1, 0.15) is 0 Å². The van der Waals surface area contributed by atoms with Crippen molar-refractivity contribution in [3.05, 3.63) is 60.4 Å². The van der Waals surface area contributed by atoms with Crippen molar-refractivity contribution in [3.63, 3.8) is 0 Å². The minimum atomic E-state index is -0.415. The lowest BCUT2D eigenvalue weighted by atomic mass is 9.72. The number of hydrogen-bond donors (Lipinski definition) is 2. The Bertz CT molecular complexity index is 1050. The maximum atomic E-state index is 5.57. The number of H-pyrrole nitrogens is 1. The minimum absolute atomic E-state index is 0.244. The zero-order chi connectivity index (χ0) is 19.7. The fourth-order valence-corrected chi connectivity index (χ4v) is 3.14. The molecule has 0 aliphatic rings. The lowest BCUT2D eigenvalue weighted by molar-refractivity contribution is 0.351. The van der Waals surface area contributed by atoms with Crippen LogP contribution in [-0.2, 0) is 5.41 Å². The lowest BCUT2D eigenvalue weighted by Gasteiger charge is -2.31. The average molecular weight is 375 g/mol. The number of nitrogens with one attached hydrogen (secondary N) is 1. The summed E-state index contributed by atoms with van der Waals surface area (Å²) in [7, 11) is 0. The van der Waals surface area contributed by atoms with Crippen LogP contribution in [0.4, 0.5) is 5.95 Å². The quantitative estimate of drug-likeness (QED) is 0.548. The fourth-order valence-electron chi connectivity index (χ4n) is 3.14. The van der Waals surface area contributed by atoms with Crippen LogP contribution in [0.5, 0.6) is 0 Å². The molecule has 4 aromatic rings. The zero-order valence-corrected chi connectivity index (χ0v) is 15.9. The predicted molar refractivity (Wildman–Crippen MR) is 105 cm³/mol. The van der Waals surface area contributed by atoms with Crippen molar-refractivity contribution >= 4 is 5.95 Å². The van der Waals surface area contributed by atoms with Gasteiger partial charge in [0.2, 0.25) is 5.95 Å². The second-order valence-electron chi connectivity index (χ2n) is 7.17. The minimum Gasteiger partial charge on any atom is -0.368 e. The number of anilines is 1. The number of nitrogen functional groups attached to an aromatic ring is 1. The Morgan fingerprint density at radius 1 is 1.00 bits per heavy atom. The SMILES string of the molecule is CC(C)C(C)(c1ccc(-c2cnc(N)nc2)cc1)c1noc(-c2cn[nH]c2)n1. The van der Waals surface area contributed by atoms with Gasteiger partial charge in [-0.1, -0.05) is 43.3 Å². The summed E-state index contributed by atoms with van der Waals surface area (Å²) in [6, 6.07) is 8.25. The van der Waals surface area contributed by atoms with E-state index in [1.165, 1.54) is 0 Å². The van der Waals surface area contributed by atoms with E-state index < -0.39 is 5.41 Å². The maximum Gasteiger partial charge on any atom is 0.261 e. The summed E-state index contributed by atoms with van der Waals surface area (Å²) in [4.78, 5) is 12.8. The number of rotatable bonds is 5. The van der Waals surface area contributed by atoms with E-state index in [1.807, 2.05) is 12.1 Å². The van der Waals surface area contributed by atoms with Crippen LogP contribution in [0.25, 0.3) is 22.6 Å². The van der Waals surface area contributed by atoms with E-state index in [0.29, 0.717) is 11.7 Å². The number of nitrogens with two attached hydrogens (primary N) is 1. The molecule has 0 amide bonds. The Morgan fingerprint density at radius 2 is 1.71 bits per heavy atom. The molecular weight excluding hydrogens is 354 g/mol. The second kappa shape index (κ2) is 6.88. The Kier molecular flexibility index (Phi) is 4.38. The van der Waals surface area contributed by atoms with Gasteiger partial charge in [0.15, 0.2) is 5.82 Å². The van der Waals surface area contributed by atoms with E-state index in [2.05, 4.69) is 63.2 Å². The first-order chi connectivity index (χ1) is 13.5. The molecule has 3 N–H and O–H groups in total. The van der Waals surface area contributed by atoms with Gasteiger partial charge in [-0.2, -0.15) is 10.1 Å². The molecule has 8 nitrogen and oxygen atoms in total. The van der Waals surface area contributed by atoms with Crippen molar-refractivity contribution in [2.75, 3.05) is 5.73 Å². The summed E-state index contributed by atoms with van der Waals surface area (Å²) in [5, 5.41) is 11.0. The fraction of sp³-hybridized carbons (Fsp3) is 0.250. The van der Waals surface area contributed by atoms with Gasteiger partial charge < -0.3 is 10.3 Å². The molecule has 3 aromatic heterocycles. The Hall–Kier alpha value is -3.55. The summed E-state index contributed by atoms with van der Waals surface area (Å²) in [5.41, 5.74) is 8.95. The predicted octanol–water partition coefficient (Wildman–Crippen LogP) is 3.46. The monoisotopic (exact) mass is 375 g/mol. The van der Waals surface area contributed by atoms with Gasteiger partial charge in [0.05, 0.1) is 17.2 Å². The van der Waals surface area contributed by atoms with Crippen molar-refractivity contribution in [2.45, 2.75) is 26.2 Å². The number of nitrogens with zero attached hydrogens (tertiary/aromatic N) is 5.